The molecule has 4 rings (SSSR count). The monoisotopic (exact) mass is 489 g/mol. The number of nitrogens with two attached hydrogens (primary N) is 1. The SMILES string of the molecule is COc1cc(-c2nc(C(N)=O)c3[nH]c(=O)n(-c4ccc(Cl)c(Cl)c4)c3n2)cc(OC)c1OC. The number of nitrogens with zero attached hydrogens (tertiary/aromatic N) is 3. The number of aromatic nitrogens is 4. The normalized spacial score (nSPS) is 10.9. The highest BCUT2D eigenvalue weighted by molar-refractivity contribution is 6.42. The quantitative estimate of drug-likeness (QED) is 0.424. The fourth-order valence-corrected chi connectivity index (χ4v) is 3.66. The number of nitrogens with one attached hydrogen (secondary N) is 1. The fourth-order valence-electron chi connectivity index (χ4n) is 3.37. The van der Waals surface area contributed by atoms with Crippen LogP contribution in [0.5, 0.6) is 17.2 Å². The smallest absolute Gasteiger partial charge is 0.332 e. The van der Waals surface area contributed by atoms with Crippen molar-refractivity contribution in [2.75, 3.05) is 21.3 Å². The van der Waals surface area contributed by atoms with Gasteiger partial charge in [0.2, 0.25) is 5.75 Å². The minimum atomic E-state index is -0.848. The molecule has 10 nitrogen and oxygen atoms in total. The summed E-state index contributed by atoms with van der Waals surface area (Å²) in [6.45, 7) is 0. The number of methoxy groups -OCH3 is 3. The third kappa shape index (κ3) is 3.83. The molecule has 2 heterocycles. The van der Waals surface area contributed by atoms with Gasteiger partial charge >= 0.3 is 5.69 Å². The molecule has 0 aliphatic rings. The van der Waals surface area contributed by atoms with Gasteiger partial charge < -0.3 is 24.9 Å². The van der Waals surface area contributed by atoms with Crippen LogP contribution in [-0.4, -0.2) is 46.8 Å². The third-order valence-electron chi connectivity index (χ3n) is 4.85. The van der Waals surface area contributed by atoms with Crippen LogP contribution in [0, 0.1) is 0 Å². The first kappa shape index (κ1) is 22.4. The van der Waals surface area contributed by atoms with Gasteiger partial charge in [0, 0.05) is 5.56 Å². The molecule has 0 aliphatic carbocycles. The van der Waals surface area contributed by atoms with E-state index >= 15 is 0 Å². The Morgan fingerprint density at radius 3 is 2.21 bits per heavy atom. The number of hydrogen-bond donors (Lipinski definition) is 2. The van der Waals surface area contributed by atoms with E-state index in [1.165, 1.54) is 32.0 Å². The lowest BCUT2D eigenvalue weighted by Crippen LogP contribution is -2.15. The van der Waals surface area contributed by atoms with Gasteiger partial charge in [-0.2, -0.15) is 0 Å². The van der Waals surface area contributed by atoms with Crippen LogP contribution in [0.15, 0.2) is 35.1 Å². The molecule has 0 spiro atoms. The average molecular weight is 490 g/mol. The fraction of sp³-hybridized carbons (Fsp3) is 0.143. The lowest BCUT2D eigenvalue weighted by Gasteiger charge is -2.14. The summed E-state index contributed by atoms with van der Waals surface area (Å²) in [6, 6.07) is 7.86. The van der Waals surface area contributed by atoms with Gasteiger partial charge in [0.25, 0.3) is 5.91 Å². The zero-order valence-electron chi connectivity index (χ0n) is 17.6. The topological polar surface area (TPSA) is 134 Å². The summed E-state index contributed by atoms with van der Waals surface area (Å²) in [6.07, 6.45) is 0. The van der Waals surface area contributed by atoms with Crippen molar-refractivity contribution in [3.63, 3.8) is 0 Å². The van der Waals surface area contributed by atoms with Crippen LogP contribution in [-0.2, 0) is 0 Å². The molecule has 0 fully saturated rings. The molecule has 2 aromatic carbocycles. The number of amides is 1. The number of carbonyl (C=O) groups is 1. The summed E-state index contributed by atoms with van der Waals surface area (Å²) < 4.78 is 17.4. The Kier molecular flexibility index (Phi) is 5.88. The molecule has 0 saturated heterocycles. The van der Waals surface area contributed by atoms with Gasteiger partial charge in [0.05, 0.1) is 37.1 Å². The van der Waals surface area contributed by atoms with Crippen molar-refractivity contribution in [2.24, 2.45) is 5.73 Å². The Balaban J connectivity index is 2.05. The maximum absolute atomic E-state index is 12.8. The molecule has 1 amide bonds. The van der Waals surface area contributed by atoms with Crippen molar-refractivity contribution < 1.29 is 19.0 Å². The van der Waals surface area contributed by atoms with Crippen molar-refractivity contribution in [3.8, 4) is 34.3 Å². The van der Waals surface area contributed by atoms with Crippen LogP contribution < -0.4 is 25.6 Å². The Morgan fingerprint density at radius 2 is 1.67 bits per heavy atom. The van der Waals surface area contributed by atoms with Crippen LogP contribution >= 0.6 is 23.2 Å². The maximum atomic E-state index is 12.8. The number of hydrogen-bond acceptors (Lipinski definition) is 7. The minimum absolute atomic E-state index is 0.0785. The van der Waals surface area contributed by atoms with Gasteiger partial charge in [-0.25, -0.2) is 19.3 Å². The average Bonchev–Trinajstić information content (AvgIpc) is 3.14. The maximum Gasteiger partial charge on any atom is 0.332 e. The van der Waals surface area contributed by atoms with E-state index in [-0.39, 0.29) is 27.7 Å². The second-order valence-electron chi connectivity index (χ2n) is 6.74. The number of primary amides is 1. The van der Waals surface area contributed by atoms with Crippen LogP contribution in [0.4, 0.5) is 0 Å². The molecular weight excluding hydrogens is 473 g/mol. The number of ether oxygens (including phenoxy) is 3. The molecule has 170 valence electrons. The van der Waals surface area contributed by atoms with Gasteiger partial charge in [-0.3, -0.25) is 4.79 Å². The Labute approximate surface area is 196 Å². The molecule has 0 bridgehead atoms. The van der Waals surface area contributed by atoms with Crippen LogP contribution in [0.2, 0.25) is 10.0 Å². The number of rotatable bonds is 6. The minimum Gasteiger partial charge on any atom is -0.493 e. The van der Waals surface area contributed by atoms with Gasteiger partial charge in [-0.15, -0.1) is 0 Å². The van der Waals surface area contributed by atoms with E-state index in [4.69, 9.17) is 43.1 Å². The summed E-state index contributed by atoms with van der Waals surface area (Å²) >= 11 is 12.1. The molecular formula is C21H17Cl2N5O5. The van der Waals surface area contributed by atoms with E-state index in [1.54, 1.807) is 24.3 Å². The summed E-state index contributed by atoms with van der Waals surface area (Å²) in [5, 5.41) is 0.559. The molecule has 33 heavy (non-hydrogen) atoms. The molecule has 3 N–H and O–H groups in total. The Hall–Kier alpha value is -3.76. The summed E-state index contributed by atoms with van der Waals surface area (Å²) in [7, 11) is 4.41. The molecule has 0 atom stereocenters. The first-order valence-electron chi connectivity index (χ1n) is 9.37. The van der Waals surface area contributed by atoms with Crippen LogP contribution in [0.1, 0.15) is 10.5 Å². The molecule has 2 aromatic heterocycles. The second-order valence-corrected chi connectivity index (χ2v) is 7.55. The zero-order chi connectivity index (χ0) is 23.9. The highest BCUT2D eigenvalue weighted by Gasteiger charge is 2.22. The highest BCUT2D eigenvalue weighted by Crippen LogP contribution is 2.40. The Morgan fingerprint density at radius 1 is 1.00 bits per heavy atom. The van der Waals surface area contributed by atoms with E-state index in [2.05, 4.69) is 15.0 Å². The van der Waals surface area contributed by atoms with Gasteiger partial charge in [-0.1, -0.05) is 23.2 Å². The molecule has 4 aromatic rings. The van der Waals surface area contributed by atoms with E-state index < -0.39 is 11.6 Å². The van der Waals surface area contributed by atoms with Crippen molar-refractivity contribution in [1.82, 2.24) is 19.5 Å². The van der Waals surface area contributed by atoms with E-state index in [0.717, 1.165) is 0 Å². The number of carbonyl (C=O) groups excluding carboxylic acids is 1. The summed E-state index contributed by atoms with van der Waals surface area (Å²) in [5.41, 5.74) is 5.83. The molecule has 0 unspecified atom stereocenters. The summed E-state index contributed by atoms with van der Waals surface area (Å²) in [4.78, 5) is 36.4. The standard InChI is InChI=1S/C21H17Cl2N5O5/c1-31-13-6-9(7-14(32-2)17(13)33-3)19-25-15(18(24)29)16-20(27-19)28(21(30)26-16)10-4-5-11(22)12(23)8-10/h4-8H,1-3H3,(H2,24,29)(H,26,30). The van der Waals surface area contributed by atoms with Gasteiger partial charge in [-0.05, 0) is 30.3 Å². The number of aromatic amines is 1. The molecule has 12 heteroatoms. The first-order chi connectivity index (χ1) is 15.8. The molecule has 0 aliphatic heterocycles. The largest absolute Gasteiger partial charge is 0.493 e. The van der Waals surface area contributed by atoms with Crippen LogP contribution in [0.3, 0.4) is 0 Å². The summed E-state index contributed by atoms with van der Waals surface area (Å²) in [5.74, 6) is 0.329. The molecule has 0 saturated carbocycles. The van der Waals surface area contributed by atoms with Crippen LogP contribution in [0.25, 0.3) is 28.2 Å². The Bertz CT molecular complexity index is 1440. The van der Waals surface area contributed by atoms with E-state index in [0.29, 0.717) is 33.5 Å². The number of halogens is 2. The number of H-pyrrole nitrogens is 1. The van der Waals surface area contributed by atoms with Gasteiger partial charge in [0.15, 0.2) is 28.7 Å². The van der Waals surface area contributed by atoms with E-state index in [9.17, 15) is 9.59 Å². The van der Waals surface area contributed by atoms with Crippen molar-refractivity contribution in [1.29, 1.82) is 0 Å². The zero-order valence-corrected chi connectivity index (χ0v) is 19.1. The predicted octanol–water partition coefficient (Wildman–Crippen LogP) is 3.21. The predicted molar refractivity (Wildman–Crippen MR) is 123 cm³/mol. The van der Waals surface area contributed by atoms with Crippen molar-refractivity contribution in [2.45, 2.75) is 0 Å². The van der Waals surface area contributed by atoms with E-state index in [1.807, 2.05) is 0 Å². The second kappa shape index (κ2) is 8.64. The van der Waals surface area contributed by atoms with Crippen molar-refractivity contribution >= 4 is 40.3 Å². The highest BCUT2D eigenvalue weighted by atomic mass is 35.5. The number of fused-ring (bicyclic) bond motifs is 1. The molecule has 0 radical (unpaired) electrons. The number of benzene rings is 2. The lowest BCUT2D eigenvalue weighted by molar-refractivity contribution is 0.0997. The third-order valence-corrected chi connectivity index (χ3v) is 5.59. The van der Waals surface area contributed by atoms with Gasteiger partial charge in [0.1, 0.15) is 5.52 Å². The first-order valence-corrected chi connectivity index (χ1v) is 10.1. The number of imidazole rings is 1. The lowest BCUT2D eigenvalue weighted by atomic mass is 10.1. The van der Waals surface area contributed by atoms with Crippen molar-refractivity contribution in [3.05, 3.63) is 56.6 Å².